The maximum atomic E-state index is 8.60. The fourth-order valence-corrected chi connectivity index (χ4v) is 2.17. The predicted octanol–water partition coefficient (Wildman–Crippen LogP) is 1.63. The number of hydrogen-bond acceptors (Lipinski definition) is 3. The minimum absolute atomic E-state index is 0.351. The average molecular weight is 225 g/mol. The molecule has 0 heterocycles. The van der Waals surface area contributed by atoms with Crippen molar-refractivity contribution in [3.05, 3.63) is 0 Å². The molecule has 2 rings (SSSR count). The van der Waals surface area contributed by atoms with E-state index in [-0.39, 0.29) is 0 Å². The Bertz CT molecular complexity index is 245. The van der Waals surface area contributed by atoms with Crippen molar-refractivity contribution in [2.75, 3.05) is 13.1 Å². The van der Waals surface area contributed by atoms with Gasteiger partial charge in [-0.05, 0) is 44.4 Å². The van der Waals surface area contributed by atoms with Gasteiger partial charge in [-0.1, -0.05) is 5.16 Å². The van der Waals surface area contributed by atoms with Crippen LogP contribution in [0.5, 0.6) is 0 Å². The molecule has 3 N–H and O–H groups in total. The Morgan fingerprint density at radius 2 is 1.81 bits per heavy atom. The lowest BCUT2D eigenvalue weighted by atomic mass is 10.1. The van der Waals surface area contributed by atoms with Crippen LogP contribution in [0.25, 0.3) is 0 Å². The average Bonchev–Trinajstić information content (AvgIpc) is 3.10. The monoisotopic (exact) mass is 225 g/mol. The van der Waals surface area contributed by atoms with E-state index in [1.807, 2.05) is 0 Å². The summed E-state index contributed by atoms with van der Waals surface area (Å²) >= 11 is 0. The van der Waals surface area contributed by atoms with Gasteiger partial charge in [0.1, 0.15) is 5.84 Å². The Morgan fingerprint density at radius 3 is 2.19 bits per heavy atom. The van der Waals surface area contributed by atoms with Crippen LogP contribution < -0.4 is 5.73 Å². The van der Waals surface area contributed by atoms with E-state index in [9.17, 15) is 0 Å². The van der Waals surface area contributed by atoms with Crippen molar-refractivity contribution >= 4 is 5.84 Å². The van der Waals surface area contributed by atoms with Crippen molar-refractivity contribution in [2.45, 2.75) is 45.1 Å². The van der Waals surface area contributed by atoms with Gasteiger partial charge < -0.3 is 10.9 Å². The molecule has 1 atom stereocenters. The molecule has 0 aromatic carbocycles. The van der Waals surface area contributed by atoms with Gasteiger partial charge in [0, 0.05) is 25.6 Å². The molecule has 0 bridgehead atoms. The summed E-state index contributed by atoms with van der Waals surface area (Å²) in [5.74, 6) is 2.17. The molecule has 2 fully saturated rings. The SMILES string of the molecule is CC(CC(N)=NO)N(CC1CC1)CC1CC1. The first kappa shape index (κ1) is 11.7. The highest BCUT2D eigenvalue weighted by Crippen LogP contribution is 2.34. The minimum Gasteiger partial charge on any atom is -0.409 e. The van der Waals surface area contributed by atoms with Crippen LogP contribution in [0.3, 0.4) is 0 Å². The van der Waals surface area contributed by atoms with Gasteiger partial charge in [-0.15, -0.1) is 0 Å². The van der Waals surface area contributed by atoms with Crippen LogP contribution >= 0.6 is 0 Å². The molecule has 0 aromatic rings. The molecule has 4 nitrogen and oxygen atoms in total. The molecule has 16 heavy (non-hydrogen) atoms. The highest BCUT2D eigenvalue weighted by atomic mass is 16.4. The number of amidine groups is 1. The molecule has 0 aliphatic heterocycles. The highest BCUT2D eigenvalue weighted by Gasteiger charge is 2.31. The number of rotatable bonds is 7. The third-order valence-electron chi connectivity index (χ3n) is 3.64. The predicted molar refractivity (Wildman–Crippen MR) is 64.5 cm³/mol. The lowest BCUT2D eigenvalue weighted by molar-refractivity contribution is 0.194. The second-order valence-electron chi connectivity index (χ2n) is 5.49. The van der Waals surface area contributed by atoms with Gasteiger partial charge in [0.25, 0.3) is 0 Å². The van der Waals surface area contributed by atoms with Gasteiger partial charge in [0.05, 0.1) is 0 Å². The van der Waals surface area contributed by atoms with Gasteiger partial charge in [0.15, 0.2) is 0 Å². The topological polar surface area (TPSA) is 61.9 Å². The molecule has 0 aromatic heterocycles. The van der Waals surface area contributed by atoms with Crippen LogP contribution in [-0.4, -0.2) is 35.1 Å². The van der Waals surface area contributed by atoms with Crippen molar-refractivity contribution in [2.24, 2.45) is 22.7 Å². The van der Waals surface area contributed by atoms with Gasteiger partial charge in [-0.2, -0.15) is 0 Å². The van der Waals surface area contributed by atoms with Gasteiger partial charge >= 0.3 is 0 Å². The second kappa shape index (κ2) is 5.04. The van der Waals surface area contributed by atoms with Crippen LogP contribution in [-0.2, 0) is 0 Å². The third kappa shape index (κ3) is 3.67. The number of nitrogens with zero attached hydrogens (tertiary/aromatic N) is 2. The molecule has 1 unspecified atom stereocenters. The zero-order valence-corrected chi connectivity index (χ0v) is 10.1. The number of nitrogens with two attached hydrogens (primary N) is 1. The zero-order chi connectivity index (χ0) is 11.5. The Morgan fingerprint density at radius 1 is 1.31 bits per heavy atom. The summed E-state index contributed by atoms with van der Waals surface area (Å²) in [6.07, 6.45) is 6.22. The van der Waals surface area contributed by atoms with Crippen molar-refractivity contribution < 1.29 is 5.21 Å². The maximum Gasteiger partial charge on any atom is 0.140 e. The smallest absolute Gasteiger partial charge is 0.140 e. The van der Waals surface area contributed by atoms with E-state index in [0.29, 0.717) is 18.3 Å². The van der Waals surface area contributed by atoms with E-state index < -0.39 is 0 Å². The van der Waals surface area contributed by atoms with Gasteiger partial charge in [-0.25, -0.2) is 0 Å². The zero-order valence-electron chi connectivity index (χ0n) is 10.1. The van der Waals surface area contributed by atoms with Crippen LogP contribution in [0.4, 0.5) is 0 Å². The van der Waals surface area contributed by atoms with Crippen molar-refractivity contribution in [3.8, 4) is 0 Å². The third-order valence-corrected chi connectivity index (χ3v) is 3.64. The van der Waals surface area contributed by atoms with E-state index in [1.54, 1.807) is 0 Å². The maximum absolute atomic E-state index is 8.60. The molecular weight excluding hydrogens is 202 g/mol. The summed E-state index contributed by atoms with van der Waals surface area (Å²) in [5, 5.41) is 11.7. The van der Waals surface area contributed by atoms with Crippen LogP contribution in [0.1, 0.15) is 39.0 Å². The molecule has 4 heteroatoms. The summed E-state index contributed by atoms with van der Waals surface area (Å²) < 4.78 is 0. The van der Waals surface area contributed by atoms with E-state index in [0.717, 1.165) is 11.8 Å². The van der Waals surface area contributed by atoms with Gasteiger partial charge in [-0.3, -0.25) is 4.90 Å². The summed E-state index contributed by atoms with van der Waals surface area (Å²) in [6, 6.07) is 0.400. The Labute approximate surface area is 97.5 Å². The fourth-order valence-electron chi connectivity index (χ4n) is 2.17. The van der Waals surface area contributed by atoms with Crippen molar-refractivity contribution in [3.63, 3.8) is 0 Å². The lowest BCUT2D eigenvalue weighted by Crippen LogP contribution is -2.39. The van der Waals surface area contributed by atoms with E-state index >= 15 is 0 Å². The van der Waals surface area contributed by atoms with Crippen LogP contribution in [0.2, 0.25) is 0 Å². The summed E-state index contributed by atoms with van der Waals surface area (Å²) in [4.78, 5) is 2.54. The first-order valence-corrected chi connectivity index (χ1v) is 6.39. The Hall–Kier alpha value is -0.770. The van der Waals surface area contributed by atoms with E-state index in [1.165, 1.54) is 38.8 Å². The van der Waals surface area contributed by atoms with E-state index in [4.69, 9.17) is 10.9 Å². The largest absolute Gasteiger partial charge is 0.409 e. The molecule has 2 aliphatic carbocycles. The normalized spacial score (nSPS) is 23.8. The molecule has 0 saturated heterocycles. The first-order valence-electron chi connectivity index (χ1n) is 6.39. The number of hydrogen-bond donors (Lipinski definition) is 2. The standard InChI is InChI=1S/C12H23N3O/c1-9(6-12(13)14-16)15(7-10-2-3-10)8-11-4-5-11/h9-11,16H,2-8H2,1H3,(H2,13,14). The molecule has 2 saturated carbocycles. The van der Waals surface area contributed by atoms with Crippen molar-refractivity contribution in [1.29, 1.82) is 0 Å². The first-order chi connectivity index (χ1) is 7.69. The minimum atomic E-state index is 0.351. The molecule has 92 valence electrons. The second-order valence-corrected chi connectivity index (χ2v) is 5.49. The molecule has 2 aliphatic rings. The molecule has 0 spiro atoms. The van der Waals surface area contributed by atoms with E-state index in [2.05, 4.69) is 17.0 Å². The fraction of sp³-hybridized carbons (Fsp3) is 0.917. The highest BCUT2D eigenvalue weighted by molar-refractivity contribution is 5.80. The molecule has 0 radical (unpaired) electrons. The van der Waals surface area contributed by atoms with Crippen molar-refractivity contribution in [1.82, 2.24) is 4.90 Å². The summed E-state index contributed by atoms with van der Waals surface area (Å²) in [6.45, 7) is 4.59. The number of oxime groups is 1. The summed E-state index contributed by atoms with van der Waals surface area (Å²) in [7, 11) is 0. The Balaban J connectivity index is 1.81. The van der Waals surface area contributed by atoms with Crippen LogP contribution in [0, 0.1) is 11.8 Å². The van der Waals surface area contributed by atoms with Crippen LogP contribution in [0.15, 0.2) is 5.16 Å². The summed E-state index contributed by atoms with van der Waals surface area (Å²) in [5.41, 5.74) is 5.58. The Kier molecular flexibility index (Phi) is 3.69. The molecule has 0 amide bonds. The quantitative estimate of drug-likeness (QED) is 0.300. The molecular formula is C12H23N3O. The van der Waals surface area contributed by atoms with Gasteiger partial charge in [0.2, 0.25) is 0 Å². The lowest BCUT2D eigenvalue weighted by Gasteiger charge is -2.28.